The average Bonchev–Trinajstić information content (AvgIpc) is 2.92. The van der Waals surface area contributed by atoms with Gasteiger partial charge in [0.15, 0.2) is 17.3 Å². The summed E-state index contributed by atoms with van der Waals surface area (Å²) in [5, 5.41) is 8.40. The summed E-state index contributed by atoms with van der Waals surface area (Å²) in [6.07, 6.45) is 0. The zero-order valence-corrected chi connectivity index (χ0v) is 16.5. The van der Waals surface area contributed by atoms with Gasteiger partial charge in [0.2, 0.25) is 5.62 Å². The van der Waals surface area contributed by atoms with E-state index in [1.54, 1.807) is 29.9 Å². The molecule has 0 fully saturated rings. The predicted molar refractivity (Wildman–Crippen MR) is 95.3 cm³/mol. The first-order valence-corrected chi connectivity index (χ1v) is 8.08. The van der Waals surface area contributed by atoms with Gasteiger partial charge in [-0.1, -0.05) is 12.1 Å². The number of para-hydroxylation sites is 2. The predicted octanol–water partition coefficient (Wildman–Crippen LogP) is -0.154. The molecule has 0 aliphatic rings. The quantitative estimate of drug-likeness (QED) is 0.565. The largest absolute Gasteiger partial charge is 1.00 e. The molecule has 0 amide bonds. The molecule has 138 valence electrons. The molecule has 0 saturated carbocycles. The van der Waals surface area contributed by atoms with Crippen LogP contribution in [0.1, 0.15) is 17.3 Å². The highest BCUT2D eigenvalue weighted by atomic mass is 79.9. The van der Waals surface area contributed by atoms with Gasteiger partial charge in [-0.3, -0.25) is 10.2 Å². The van der Waals surface area contributed by atoms with E-state index < -0.39 is 0 Å². The highest BCUT2D eigenvalue weighted by Gasteiger charge is 2.15. The lowest BCUT2D eigenvalue weighted by Gasteiger charge is -2.09. The van der Waals surface area contributed by atoms with E-state index in [2.05, 4.69) is 0 Å². The van der Waals surface area contributed by atoms with Crippen molar-refractivity contribution in [1.29, 1.82) is 5.41 Å². The van der Waals surface area contributed by atoms with E-state index in [1.807, 2.05) is 35.8 Å². The summed E-state index contributed by atoms with van der Waals surface area (Å²) in [4.78, 5) is 12.8. The van der Waals surface area contributed by atoms with E-state index in [0.717, 1.165) is 11.0 Å². The van der Waals surface area contributed by atoms with Crippen LogP contribution in [0.3, 0.4) is 0 Å². The smallest absolute Gasteiger partial charge is 0.203 e. The number of nitrogens with one attached hydrogen (secondary N) is 1. The van der Waals surface area contributed by atoms with Crippen LogP contribution in [0, 0.1) is 5.41 Å². The van der Waals surface area contributed by atoms with Crippen molar-refractivity contribution in [2.45, 2.75) is 20.0 Å². The second-order valence-corrected chi connectivity index (χ2v) is 5.64. The molecule has 26 heavy (non-hydrogen) atoms. The number of nitrogens with zero attached hydrogens (tertiary/aromatic N) is 2. The summed E-state index contributed by atoms with van der Waals surface area (Å²) in [5.41, 5.74) is 2.67. The molecule has 0 spiro atoms. The molecule has 0 aliphatic heterocycles. The van der Waals surface area contributed by atoms with E-state index in [1.165, 1.54) is 7.11 Å². The minimum absolute atomic E-state index is 0. The maximum atomic E-state index is 12.8. The van der Waals surface area contributed by atoms with Gasteiger partial charge in [-0.05, 0) is 37.3 Å². The van der Waals surface area contributed by atoms with Crippen LogP contribution in [0.2, 0.25) is 0 Å². The van der Waals surface area contributed by atoms with Gasteiger partial charge in [-0.2, -0.15) is 0 Å². The van der Waals surface area contributed by atoms with Gasteiger partial charge >= 0.3 is 0 Å². The van der Waals surface area contributed by atoms with Gasteiger partial charge in [0.05, 0.1) is 31.8 Å². The standard InChI is InChI=1S/C19H21N3O3.BrH/c1-4-21-14-7-5-6-8-15(14)22(19(21)20)12-16(23)13-9-10-17(24-2)18(11-13)25-3;/h5-11,20H,4,12H2,1-3H3;1H/p-1. The van der Waals surface area contributed by atoms with Crippen LogP contribution in [-0.4, -0.2) is 29.1 Å². The van der Waals surface area contributed by atoms with Crippen LogP contribution in [-0.2, 0) is 13.1 Å². The first-order chi connectivity index (χ1) is 12.1. The Hall–Kier alpha value is -2.54. The summed E-state index contributed by atoms with van der Waals surface area (Å²) in [6, 6.07) is 12.9. The van der Waals surface area contributed by atoms with Crippen molar-refractivity contribution in [3.63, 3.8) is 0 Å². The minimum atomic E-state index is -0.0848. The Morgan fingerprint density at radius 2 is 1.62 bits per heavy atom. The van der Waals surface area contributed by atoms with Crippen LogP contribution < -0.4 is 32.1 Å². The van der Waals surface area contributed by atoms with Crippen LogP contribution in [0.4, 0.5) is 0 Å². The second kappa shape index (κ2) is 8.23. The number of Topliss-reactive ketones (excluding diaryl/α,β-unsaturated/α-hetero) is 1. The van der Waals surface area contributed by atoms with Crippen molar-refractivity contribution in [2.75, 3.05) is 14.2 Å². The molecule has 3 aromatic rings. The fraction of sp³-hybridized carbons (Fsp3) is 0.263. The van der Waals surface area contributed by atoms with Crippen molar-refractivity contribution < 1.29 is 31.2 Å². The van der Waals surface area contributed by atoms with Gasteiger partial charge in [-0.25, -0.2) is 0 Å². The van der Waals surface area contributed by atoms with E-state index in [0.29, 0.717) is 29.2 Å². The molecule has 7 heteroatoms. The van der Waals surface area contributed by atoms with Crippen LogP contribution in [0.25, 0.3) is 11.0 Å². The van der Waals surface area contributed by atoms with Gasteiger partial charge in [0.25, 0.3) is 0 Å². The second-order valence-electron chi connectivity index (χ2n) is 5.64. The van der Waals surface area contributed by atoms with Crippen LogP contribution in [0.5, 0.6) is 11.5 Å². The zero-order valence-electron chi connectivity index (χ0n) is 15.0. The van der Waals surface area contributed by atoms with Crippen molar-refractivity contribution >= 4 is 16.8 Å². The number of hydrogen-bond donors (Lipinski definition) is 1. The number of carbonyl (C=O) groups is 1. The van der Waals surface area contributed by atoms with Gasteiger partial charge in [0.1, 0.15) is 0 Å². The number of benzene rings is 2. The maximum Gasteiger partial charge on any atom is 0.203 e. The Balaban J connectivity index is 0.00000243. The number of methoxy groups -OCH3 is 2. The van der Waals surface area contributed by atoms with Crippen LogP contribution in [0.15, 0.2) is 42.5 Å². The van der Waals surface area contributed by atoms with Crippen molar-refractivity contribution in [3.05, 3.63) is 53.6 Å². The maximum absolute atomic E-state index is 12.8. The van der Waals surface area contributed by atoms with Crippen LogP contribution >= 0.6 is 0 Å². The molecule has 1 heterocycles. The number of carbonyl (C=O) groups excluding carboxylic acids is 1. The Morgan fingerprint density at radius 3 is 2.19 bits per heavy atom. The number of ether oxygens (including phenoxy) is 2. The highest BCUT2D eigenvalue weighted by Crippen LogP contribution is 2.28. The van der Waals surface area contributed by atoms with E-state index in [4.69, 9.17) is 14.9 Å². The number of imidazole rings is 1. The number of aromatic nitrogens is 2. The number of hydrogen-bond acceptors (Lipinski definition) is 4. The minimum Gasteiger partial charge on any atom is -1.00 e. The first-order valence-electron chi connectivity index (χ1n) is 8.08. The molecule has 0 bridgehead atoms. The molecule has 0 unspecified atom stereocenters. The summed E-state index contributed by atoms with van der Waals surface area (Å²) >= 11 is 0. The third-order valence-electron chi connectivity index (χ3n) is 4.30. The first kappa shape index (κ1) is 19.8. The fourth-order valence-corrected chi connectivity index (χ4v) is 3.02. The number of ketones is 1. The third-order valence-corrected chi connectivity index (χ3v) is 4.30. The van der Waals surface area contributed by atoms with E-state index in [-0.39, 0.29) is 29.3 Å². The van der Waals surface area contributed by atoms with E-state index in [9.17, 15) is 4.79 Å². The summed E-state index contributed by atoms with van der Waals surface area (Å²) in [5.74, 6) is 1.01. The molecule has 0 saturated heterocycles. The fourth-order valence-electron chi connectivity index (χ4n) is 3.02. The third kappa shape index (κ3) is 3.39. The molecule has 1 aromatic heterocycles. The molecule has 3 rings (SSSR count). The Labute approximate surface area is 162 Å². The Morgan fingerprint density at radius 1 is 1.00 bits per heavy atom. The zero-order chi connectivity index (χ0) is 18.0. The van der Waals surface area contributed by atoms with Crippen molar-refractivity contribution in [2.24, 2.45) is 0 Å². The molecule has 0 aliphatic carbocycles. The topological polar surface area (TPSA) is 69.2 Å². The molecule has 6 nitrogen and oxygen atoms in total. The number of aryl methyl sites for hydroxylation is 1. The number of rotatable bonds is 6. The van der Waals surface area contributed by atoms with Crippen molar-refractivity contribution in [3.8, 4) is 11.5 Å². The molecule has 0 radical (unpaired) electrons. The number of halogens is 1. The van der Waals surface area contributed by atoms with Gasteiger partial charge < -0.3 is 35.6 Å². The lowest BCUT2D eigenvalue weighted by molar-refractivity contribution is -0.0000137. The summed E-state index contributed by atoms with van der Waals surface area (Å²) in [7, 11) is 3.10. The molecule has 0 atom stereocenters. The van der Waals surface area contributed by atoms with Gasteiger partial charge in [0, 0.05) is 12.1 Å². The normalized spacial score (nSPS) is 10.4. The monoisotopic (exact) mass is 418 g/mol. The summed E-state index contributed by atoms with van der Waals surface area (Å²) < 4.78 is 14.1. The summed E-state index contributed by atoms with van der Waals surface area (Å²) in [6.45, 7) is 2.77. The molecular formula is C19H21BrN3O3-. The lowest BCUT2D eigenvalue weighted by atomic mass is 10.1. The Kier molecular flexibility index (Phi) is 6.26. The molecule has 1 N–H and O–H groups in total. The molecular weight excluding hydrogens is 398 g/mol. The number of fused-ring (bicyclic) bond motifs is 1. The SMILES string of the molecule is CCn1c(=N)n(CC(=O)c2ccc(OC)c(OC)c2)c2ccccc21.[Br-]. The Bertz CT molecular complexity index is 991. The van der Waals surface area contributed by atoms with Crippen molar-refractivity contribution in [1.82, 2.24) is 9.13 Å². The van der Waals surface area contributed by atoms with E-state index >= 15 is 0 Å². The highest BCUT2D eigenvalue weighted by molar-refractivity contribution is 5.97. The molecule has 2 aromatic carbocycles. The lowest BCUT2D eigenvalue weighted by Crippen LogP contribution is -3.00. The van der Waals surface area contributed by atoms with Gasteiger partial charge in [-0.15, -0.1) is 0 Å². The average molecular weight is 419 g/mol.